The van der Waals surface area contributed by atoms with Crippen LogP contribution in [0.4, 0.5) is 0 Å². The smallest absolute Gasteiger partial charge is 0.133 e. The van der Waals surface area contributed by atoms with Crippen molar-refractivity contribution in [2.45, 2.75) is 32.6 Å². The van der Waals surface area contributed by atoms with Gasteiger partial charge < -0.3 is 4.98 Å². The van der Waals surface area contributed by atoms with Crippen molar-refractivity contribution in [1.82, 2.24) is 4.98 Å². The molecule has 0 amide bonds. The van der Waals surface area contributed by atoms with Gasteiger partial charge in [0.2, 0.25) is 0 Å². The molecule has 1 heterocycles. The molecule has 1 N–H and O–H groups in total. The van der Waals surface area contributed by atoms with E-state index in [0.717, 1.165) is 5.52 Å². The van der Waals surface area contributed by atoms with Gasteiger partial charge in [-0.1, -0.05) is 32.0 Å². The number of H-pyrrole nitrogens is 1. The second kappa shape index (κ2) is 4.52. The second-order valence-corrected chi connectivity index (χ2v) is 4.29. The van der Waals surface area contributed by atoms with Crippen molar-refractivity contribution in [2.24, 2.45) is 0 Å². The lowest BCUT2D eigenvalue weighted by atomic mass is 9.94. The predicted molar refractivity (Wildman–Crippen MR) is 66.6 cm³/mol. The molecule has 16 heavy (non-hydrogen) atoms. The average Bonchev–Trinajstić information content (AvgIpc) is 2.72. The number of aromatic amines is 1. The maximum atomic E-state index is 11.4. The van der Waals surface area contributed by atoms with Gasteiger partial charge in [0.05, 0.1) is 0 Å². The molecular weight excluding hydrogens is 198 g/mol. The number of Topliss-reactive ketones (excluding diaryl/α,β-unsaturated/α-hetero) is 1. The Labute approximate surface area is 95.7 Å². The zero-order chi connectivity index (χ0) is 11.5. The lowest BCUT2D eigenvalue weighted by Gasteiger charge is -2.08. The Kier molecular flexibility index (Phi) is 3.09. The van der Waals surface area contributed by atoms with E-state index in [4.69, 9.17) is 0 Å². The number of benzene rings is 1. The highest BCUT2D eigenvalue weighted by atomic mass is 16.1. The van der Waals surface area contributed by atoms with Crippen LogP contribution in [-0.2, 0) is 4.79 Å². The Morgan fingerprint density at radius 1 is 1.38 bits per heavy atom. The maximum Gasteiger partial charge on any atom is 0.133 e. The van der Waals surface area contributed by atoms with Gasteiger partial charge in [0.25, 0.3) is 0 Å². The summed E-state index contributed by atoms with van der Waals surface area (Å²) in [5.74, 6) is 0.626. The van der Waals surface area contributed by atoms with E-state index in [1.54, 1.807) is 0 Å². The van der Waals surface area contributed by atoms with Crippen LogP contribution in [0.2, 0.25) is 0 Å². The van der Waals surface area contributed by atoms with Crippen LogP contribution in [0.25, 0.3) is 10.9 Å². The van der Waals surface area contributed by atoms with E-state index in [9.17, 15) is 4.79 Å². The molecule has 1 atom stereocenters. The Morgan fingerprint density at radius 3 is 2.88 bits per heavy atom. The summed E-state index contributed by atoms with van der Waals surface area (Å²) in [5, 5.41) is 1.24. The molecule has 0 aliphatic carbocycles. The van der Waals surface area contributed by atoms with Crippen LogP contribution < -0.4 is 0 Å². The summed E-state index contributed by atoms with van der Waals surface area (Å²) in [6.07, 6.45) is 3.29. The molecule has 0 saturated carbocycles. The van der Waals surface area contributed by atoms with E-state index in [2.05, 4.69) is 24.0 Å². The van der Waals surface area contributed by atoms with E-state index in [-0.39, 0.29) is 0 Å². The highest BCUT2D eigenvalue weighted by molar-refractivity contribution is 5.85. The first kappa shape index (κ1) is 10.9. The van der Waals surface area contributed by atoms with Gasteiger partial charge >= 0.3 is 0 Å². The molecule has 0 spiro atoms. The third-order valence-electron chi connectivity index (χ3n) is 3.08. The molecule has 2 nitrogen and oxygen atoms in total. The largest absolute Gasteiger partial charge is 0.361 e. The molecule has 2 rings (SSSR count). The number of carbonyl (C=O) groups is 1. The Balaban J connectivity index is 2.29. The van der Waals surface area contributed by atoms with Crippen LogP contribution in [0.1, 0.15) is 38.2 Å². The van der Waals surface area contributed by atoms with Gasteiger partial charge in [-0.2, -0.15) is 0 Å². The molecule has 84 valence electrons. The van der Waals surface area contributed by atoms with Gasteiger partial charge in [-0.05, 0) is 17.5 Å². The summed E-state index contributed by atoms with van der Waals surface area (Å²) in [4.78, 5) is 14.7. The number of rotatable bonds is 4. The van der Waals surface area contributed by atoms with E-state index >= 15 is 0 Å². The number of ketones is 1. The molecule has 1 aromatic heterocycles. The monoisotopic (exact) mass is 215 g/mol. The molecule has 0 aliphatic rings. The Morgan fingerprint density at radius 2 is 2.12 bits per heavy atom. The first-order chi connectivity index (χ1) is 7.72. The minimum atomic E-state index is 0.295. The quantitative estimate of drug-likeness (QED) is 0.829. The van der Waals surface area contributed by atoms with E-state index < -0.39 is 0 Å². The molecule has 0 bridgehead atoms. The topological polar surface area (TPSA) is 32.9 Å². The van der Waals surface area contributed by atoms with Crippen LogP contribution in [0.5, 0.6) is 0 Å². The third-order valence-corrected chi connectivity index (χ3v) is 3.08. The van der Waals surface area contributed by atoms with Crippen LogP contribution in [0, 0.1) is 0 Å². The van der Waals surface area contributed by atoms with Crippen molar-refractivity contribution in [3.63, 3.8) is 0 Å². The molecule has 0 radical (unpaired) electrons. The summed E-state index contributed by atoms with van der Waals surface area (Å²) >= 11 is 0. The number of nitrogens with one attached hydrogen (secondary N) is 1. The van der Waals surface area contributed by atoms with Crippen LogP contribution in [-0.4, -0.2) is 10.8 Å². The molecule has 0 aliphatic heterocycles. The predicted octanol–water partition coefficient (Wildman–Crippen LogP) is 3.64. The third kappa shape index (κ3) is 2.01. The number of hydrogen-bond acceptors (Lipinski definition) is 1. The molecule has 2 heteroatoms. The summed E-state index contributed by atoms with van der Waals surface area (Å²) in [6, 6.07) is 8.22. The summed E-state index contributed by atoms with van der Waals surface area (Å²) in [6.45, 7) is 4.04. The molecule has 0 fully saturated rings. The summed E-state index contributed by atoms with van der Waals surface area (Å²) in [5.41, 5.74) is 2.39. The minimum Gasteiger partial charge on any atom is -0.361 e. The maximum absolute atomic E-state index is 11.4. The Bertz CT molecular complexity index is 498. The van der Waals surface area contributed by atoms with E-state index in [1.165, 1.54) is 10.9 Å². The zero-order valence-corrected chi connectivity index (χ0v) is 9.79. The fourth-order valence-corrected chi connectivity index (χ4v) is 2.10. The normalized spacial score (nSPS) is 12.9. The van der Waals surface area contributed by atoms with Crippen molar-refractivity contribution in [3.05, 3.63) is 36.0 Å². The van der Waals surface area contributed by atoms with Crippen molar-refractivity contribution < 1.29 is 4.79 Å². The molecule has 1 aromatic carbocycles. The molecule has 0 saturated heterocycles. The van der Waals surface area contributed by atoms with Crippen LogP contribution in [0.15, 0.2) is 30.5 Å². The lowest BCUT2D eigenvalue weighted by molar-refractivity contribution is -0.119. The Hall–Kier alpha value is -1.57. The minimum absolute atomic E-state index is 0.295. The summed E-state index contributed by atoms with van der Waals surface area (Å²) in [7, 11) is 0. The van der Waals surface area contributed by atoms with Gasteiger partial charge in [0, 0.05) is 29.9 Å². The van der Waals surface area contributed by atoms with Crippen LogP contribution >= 0.6 is 0 Å². The summed E-state index contributed by atoms with van der Waals surface area (Å²) < 4.78 is 0. The number of fused-ring (bicyclic) bond motifs is 1. The zero-order valence-electron chi connectivity index (χ0n) is 9.79. The van der Waals surface area contributed by atoms with E-state index in [0.29, 0.717) is 24.5 Å². The second-order valence-electron chi connectivity index (χ2n) is 4.29. The average molecular weight is 215 g/mol. The van der Waals surface area contributed by atoms with Gasteiger partial charge in [-0.25, -0.2) is 0 Å². The first-order valence-electron chi connectivity index (χ1n) is 5.80. The van der Waals surface area contributed by atoms with E-state index in [1.807, 2.05) is 25.3 Å². The van der Waals surface area contributed by atoms with Crippen molar-refractivity contribution >= 4 is 16.7 Å². The standard InChI is InChI=1S/C14H17NO/c1-3-11(16)8-10(2)13-9-15-14-7-5-4-6-12(13)14/h4-7,9-10,15H,3,8H2,1-2H3. The number of aromatic nitrogens is 1. The first-order valence-corrected chi connectivity index (χ1v) is 5.80. The highest BCUT2D eigenvalue weighted by Crippen LogP contribution is 2.27. The van der Waals surface area contributed by atoms with Crippen molar-refractivity contribution in [1.29, 1.82) is 0 Å². The molecular formula is C14H17NO. The van der Waals surface area contributed by atoms with Gasteiger partial charge in [0.1, 0.15) is 5.78 Å². The van der Waals surface area contributed by atoms with Gasteiger partial charge in [0.15, 0.2) is 0 Å². The fraction of sp³-hybridized carbons (Fsp3) is 0.357. The van der Waals surface area contributed by atoms with Gasteiger partial charge in [-0.15, -0.1) is 0 Å². The van der Waals surface area contributed by atoms with Gasteiger partial charge in [-0.3, -0.25) is 4.79 Å². The molecule has 2 aromatic rings. The SMILES string of the molecule is CCC(=O)CC(C)c1c[nH]c2ccccc12. The lowest BCUT2D eigenvalue weighted by Crippen LogP contribution is -2.02. The number of carbonyl (C=O) groups excluding carboxylic acids is 1. The van der Waals surface area contributed by atoms with Crippen molar-refractivity contribution in [3.8, 4) is 0 Å². The number of para-hydroxylation sites is 1. The highest BCUT2D eigenvalue weighted by Gasteiger charge is 2.13. The number of hydrogen-bond donors (Lipinski definition) is 1. The van der Waals surface area contributed by atoms with Crippen molar-refractivity contribution in [2.75, 3.05) is 0 Å². The fourth-order valence-electron chi connectivity index (χ4n) is 2.10. The van der Waals surface area contributed by atoms with Crippen LogP contribution in [0.3, 0.4) is 0 Å². The molecule has 1 unspecified atom stereocenters.